The van der Waals surface area contributed by atoms with Crippen molar-refractivity contribution < 1.29 is 24.2 Å². The van der Waals surface area contributed by atoms with E-state index in [1.165, 1.54) is 12.0 Å². The number of hydrogen-bond acceptors (Lipinski definition) is 5. The topological polar surface area (TPSA) is 83.9 Å². The van der Waals surface area contributed by atoms with Gasteiger partial charge in [-0.15, -0.1) is 0 Å². The number of carbonyl (C=O) groups excluding carboxylic acids is 3. The lowest BCUT2D eigenvalue weighted by Gasteiger charge is -2.21. The number of halogens is 1. The molecule has 0 saturated carbocycles. The van der Waals surface area contributed by atoms with E-state index in [2.05, 4.69) is 4.74 Å². The third kappa shape index (κ3) is 6.80. The van der Waals surface area contributed by atoms with Crippen LogP contribution in [0.5, 0.6) is 0 Å². The standard InChI is InChI=1S/C16H20ClNO5/c1-23-16(22)8-9-18(10-11-19)15(21)7-6-14(20)12-2-4-13(17)5-3-12/h2-5,19H,6-11H2,1H3. The van der Waals surface area contributed by atoms with Gasteiger partial charge in [-0.2, -0.15) is 0 Å². The third-order valence-electron chi connectivity index (χ3n) is 3.27. The molecule has 0 aromatic heterocycles. The van der Waals surface area contributed by atoms with E-state index >= 15 is 0 Å². The van der Waals surface area contributed by atoms with Gasteiger partial charge in [-0.05, 0) is 24.3 Å². The van der Waals surface area contributed by atoms with Gasteiger partial charge in [0.2, 0.25) is 5.91 Å². The maximum Gasteiger partial charge on any atom is 0.307 e. The summed E-state index contributed by atoms with van der Waals surface area (Å²) in [6, 6.07) is 6.45. The minimum absolute atomic E-state index is 0.0165. The maximum absolute atomic E-state index is 12.1. The van der Waals surface area contributed by atoms with E-state index in [1.54, 1.807) is 24.3 Å². The Morgan fingerprint density at radius 1 is 1.09 bits per heavy atom. The Kier molecular flexibility index (Phi) is 8.29. The predicted octanol–water partition coefficient (Wildman–Crippen LogP) is 1.69. The number of hydrogen-bond donors (Lipinski definition) is 1. The second-order valence-corrected chi connectivity index (χ2v) is 5.30. The number of aliphatic hydroxyl groups excluding tert-OH is 1. The molecule has 0 heterocycles. The molecule has 0 aliphatic heterocycles. The molecule has 0 spiro atoms. The van der Waals surface area contributed by atoms with Crippen LogP contribution < -0.4 is 0 Å². The van der Waals surface area contributed by atoms with Crippen molar-refractivity contribution in [2.24, 2.45) is 0 Å². The molecule has 0 bridgehead atoms. The minimum atomic E-state index is -0.432. The number of aliphatic hydroxyl groups is 1. The number of amides is 1. The van der Waals surface area contributed by atoms with Crippen LogP contribution in [0.1, 0.15) is 29.6 Å². The second-order valence-electron chi connectivity index (χ2n) is 4.86. The number of esters is 1. The average molecular weight is 342 g/mol. The van der Waals surface area contributed by atoms with Crippen LogP contribution in [0.4, 0.5) is 0 Å². The molecule has 0 aliphatic rings. The molecule has 7 heteroatoms. The fraction of sp³-hybridized carbons (Fsp3) is 0.438. The maximum atomic E-state index is 12.1. The minimum Gasteiger partial charge on any atom is -0.469 e. The van der Waals surface area contributed by atoms with Crippen molar-refractivity contribution >= 4 is 29.3 Å². The molecule has 1 amide bonds. The monoisotopic (exact) mass is 341 g/mol. The van der Waals surface area contributed by atoms with Crippen molar-refractivity contribution in [3.63, 3.8) is 0 Å². The highest BCUT2D eigenvalue weighted by Crippen LogP contribution is 2.12. The summed E-state index contributed by atoms with van der Waals surface area (Å²) >= 11 is 5.76. The molecule has 1 aromatic carbocycles. The van der Waals surface area contributed by atoms with Crippen LogP contribution in [0.25, 0.3) is 0 Å². The Bertz CT molecular complexity index is 544. The Hall–Kier alpha value is -1.92. The van der Waals surface area contributed by atoms with Crippen LogP contribution in [0.15, 0.2) is 24.3 Å². The lowest BCUT2D eigenvalue weighted by molar-refractivity contribution is -0.141. The molecule has 6 nitrogen and oxygen atoms in total. The molecular formula is C16H20ClNO5. The van der Waals surface area contributed by atoms with Gasteiger partial charge in [-0.1, -0.05) is 11.6 Å². The third-order valence-corrected chi connectivity index (χ3v) is 3.52. The number of rotatable bonds is 9. The van der Waals surface area contributed by atoms with Crippen LogP contribution in [0.3, 0.4) is 0 Å². The molecule has 0 fully saturated rings. The summed E-state index contributed by atoms with van der Waals surface area (Å²) in [5.41, 5.74) is 0.491. The second kappa shape index (κ2) is 9.97. The first kappa shape index (κ1) is 19.1. The lowest BCUT2D eigenvalue weighted by atomic mass is 10.1. The zero-order valence-corrected chi connectivity index (χ0v) is 13.7. The molecule has 0 aliphatic carbocycles. The quantitative estimate of drug-likeness (QED) is 0.546. The van der Waals surface area contributed by atoms with Gasteiger partial charge in [-0.25, -0.2) is 0 Å². The molecule has 1 N–H and O–H groups in total. The predicted molar refractivity (Wildman–Crippen MR) is 85.3 cm³/mol. The van der Waals surface area contributed by atoms with E-state index in [-0.39, 0.29) is 50.6 Å². The fourth-order valence-corrected chi connectivity index (χ4v) is 2.09. The number of methoxy groups -OCH3 is 1. The summed E-state index contributed by atoms with van der Waals surface area (Å²) in [5, 5.41) is 9.54. The Balaban J connectivity index is 2.52. The number of carbonyl (C=O) groups is 3. The molecule has 1 rings (SSSR count). The smallest absolute Gasteiger partial charge is 0.307 e. The Labute approximate surface area is 140 Å². The van der Waals surface area contributed by atoms with E-state index in [9.17, 15) is 14.4 Å². The number of ketones is 1. The van der Waals surface area contributed by atoms with Crippen LogP contribution in [0, 0.1) is 0 Å². The van der Waals surface area contributed by atoms with Crippen molar-refractivity contribution in [1.82, 2.24) is 4.90 Å². The lowest BCUT2D eigenvalue weighted by Crippen LogP contribution is -2.35. The highest BCUT2D eigenvalue weighted by Gasteiger charge is 2.16. The largest absolute Gasteiger partial charge is 0.469 e. The first-order chi connectivity index (χ1) is 11.0. The van der Waals surface area contributed by atoms with E-state index in [1.807, 2.05) is 0 Å². The Morgan fingerprint density at radius 3 is 2.30 bits per heavy atom. The van der Waals surface area contributed by atoms with E-state index in [4.69, 9.17) is 16.7 Å². The van der Waals surface area contributed by atoms with Crippen molar-refractivity contribution in [3.05, 3.63) is 34.9 Å². The number of ether oxygens (including phenoxy) is 1. The molecule has 0 atom stereocenters. The number of nitrogens with zero attached hydrogens (tertiary/aromatic N) is 1. The highest BCUT2D eigenvalue weighted by molar-refractivity contribution is 6.30. The molecule has 0 radical (unpaired) electrons. The van der Waals surface area contributed by atoms with Crippen LogP contribution in [-0.4, -0.2) is 54.5 Å². The van der Waals surface area contributed by atoms with Crippen molar-refractivity contribution in [2.75, 3.05) is 26.8 Å². The van der Waals surface area contributed by atoms with Gasteiger partial charge in [0, 0.05) is 36.5 Å². The van der Waals surface area contributed by atoms with Gasteiger partial charge in [0.25, 0.3) is 0 Å². The van der Waals surface area contributed by atoms with E-state index in [0.717, 1.165) is 0 Å². The summed E-state index contributed by atoms with van der Waals surface area (Å²) in [7, 11) is 1.27. The van der Waals surface area contributed by atoms with Gasteiger partial charge >= 0.3 is 5.97 Å². The first-order valence-electron chi connectivity index (χ1n) is 7.22. The number of benzene rings is 1. The highest BCUT2D eigenvalue weighted by atomic mass is 35.5. The summed E-state index contributed by atoms with van der Waals surface area (Å²) in [6.07, 6.45) is 0.122. The normalized spacial score (nSPS) is 10.2. The number of Topliss-reactive ketones (excluding diaryl/α,β-unsaturated/α-hetero) is 1. The van der Waals surface area contributed by atoms with Crippen molar-refractivity contribution in [3.8, 4) is 0 Å². The summed E-state index contributed by atoms with van der Waals surface area (Å²) in [4.78, 5) is 36.6. The fourth-order valence-electron chi connectivity index (χ4n) is 1.97. The van der Waals surface area contributed by atoms with Gasteiger partial charge in [0.05, 0.1) is 20.1 Å². The molecular weight excluding hydrogens is 322 g/mol. The van der Waals surface area contributed by atoms with Gasteiger partial charge in [-0.3, -0.25) is 14.4 Å². The van der Waals surface area contributed by atoms with Crippen LogP contribution >= 0.6 is 11.6 Å². The molecule has 0 saturated heterocycles. The van der Waals surface area contributed by atoms with Gasteiger partial charge in [0.1, 0.15) is 0 Å². The summed E-state index contributed by atoms with van der Waals surface area (Å²) in [5.74, 6) is -0.879. The van der Waals surface area contributed by atoms with E-state index < -0.39 is 5.97 Å². The van der Waals surface area contributed by atoms with Gasteiger partial charge in [0.15, 0.2) is 5.78 Å². The van der Waals surface area contributed by atoms with E-state index in [0.29, 0.717) is 10.6 Å². The van der Waals surface area contributed by atoms with Crippen molar-refractivity contribution in [1.29, 1.82) is 0 Å². The zero-order chi connectivity index (χ0) is 17.2. The Morgan fingerprint density at radius 2 is 1.74 bits per heavy atom. The first-order valence-corrected chi connectivity index (χ1v) is 7.60. The molecule has 1 aromatic rings. The zero-order valence-electron chi connectivity index (χ0n) is 13.0. The summed E-state index contributed by atoms with van der Waals surface area (Å²) < 4.78 is 4.52. The van der Waals surface area contributed by atoms with Gasteiger partial charge < -0.3 is 14.7 Å². The SMILES string of the molecule is COC(=O)CCN(CCO)C(=O)CCC(=O)c1ccc(Cl)cc1. The van der Waals surface area contributed by atoms with Crippen molar-refractivity contribution in [2.45, 2.75) is 19.3 Å². The molecule has 23 heavy (non-hydrogen) atoms. The average Bonchev–Trinajstić information content (AvgIpc) is 2.56. The molecule has 0 unspecified atom stereocenters. The van der Waals surface area contributed by atoms with Crippen LogP contribution in [0.2, 0.25) is 5.02 Å². The molecule has 126 valence electrons. The summed E-state index contributed by atoms with van der Waals surface area (Å²) in [6.45, 7) is 0.0597. The van der Waals surface area contributed by atoms with Crippen LogP contribution in [-0.2, 0) is 14.3 Å².